The number of hydrogen-bond acceptors (Lipinski definition) is 5. The molecule has 92 valence electrons. The number of nitrogens with zero attached hydrogens (tertiary/aromatic N) is 2. The molecule has 2 N–H and O–H groups in total. The van der Waals surface area contributed by atoms with Crippen molar-refractivity contribution < 1.29 is 9.53 Å². The highest BCUT2D eigenvalue weighted by Crippen LogP contribution is 2.22. The summed E-state index contributed by atoms with van der Waals surface area (Å²) >= 11 is 0. The van der Waals surface area contributed by atoms with Crippen molar-refractivity contribution in [2.75, 3.05) is 12.8 Å². The van der Waals surface area contributed by atoms with E-state index in [1.165, 1.54) is 13.3 Å². The van der Waals surface area contributed by atoms with E-state index in [0.29, 0.717) is 17.2 Å². The number of carbonyl (C=O) groups excluding carboxylic acids is 1. The number of carbonyl (C=O) groups is 1. The fourth-order valence-corrected chi connectivity index (χ4v) is 1.54. The molecule has 2 aromatic rings. The summed E-state index contributed by atoms with van der Waals surface area (Å²) in [5.74, 6) is 0.0219. The summed E-state index contributed by atoms with van der Waals surface area (Å²) in [7, 11) is 1.33. The molecule has 5 heteroatoms. The van der Waals surface area contributed by atoms with Gasteiger partial charge >= 0.3 is 5.97 Å². The van der Waals surface area contributed by atoms with Crippen LogP contribution in [0.15, 0.2) is 36.5 Å². The first-order valence-corrected chi connectivity index (χ1v) is 5.44. The Labute approximate surface area is 105 Å². The third-order valence-corrected chi connectivity index (χ3v) is 2.44. The number of aromatic nitrogens is 2. The zero-order chi connectivity index (χ0) is 13.0. The lowest BCUT2D eigenvalue weighted by molar-refractivity contribution is -0.139. The first-order chi connectivity index (χ1) is 8.70. The molecule has 2 rings (SSSR count). The van der Waals surface area contributed by atoms with Crippen molar-refractivity contribution in [3.63, 3.8) is 0 Å². The Kier molecular flexibility index (Phi) is 3.52. The average Bonchev–Trinajstić information content (AvgIpc) is 2.42. The summed E-state index contributed by atoms with van der Waals surface area (Å²) < 4.78 is 4.58. The lowest BCUT2D eigenvalue weighted by Gasteiger charge is -2.06. The van der Waals surface area contributed by atoms with Crippen LogP contribution < -0.4 is 5.73 Å². The Morgan fingerprint density at radius 2 is 2.06 bits per heavy atom. The topological polar surface area (TPSA) is 78.1 Å². The molecule has 0 saturated carbocycles. The molecule has 1 aromatic heterocycles. The maximum absolute atomic E-state index is 11.2. The molecular formula is C13H13N3O2. The van der Waals surface area contributed by atoms with Crippen LogP contribution in [0.2, 0.25) is 0 Å². The second-order valence-corrected chi connectivity index (χ2v) is 3.71. The van der Waals surface area contributed by atoms with Crippen LogP contribution in [0.25, 0.3) is 11.3 Å². The molecule has 0 aliphatic rings. The fourth-order valence-electron chi connectivity index (χ4n) is 1.54. The van der Waals surface area contributed by atoms with E-state index in [0.717, 1.165) is 5.56 Å². The van der Waals surface area contributed by atoms with Gasteiger partial charge in [-0.3, -0.25) is 4.79 Å². The van der Waals surface area contributed by atoms with Gasteiger partial charge in [0.2, 0.25) is 0 Å². The molecule has 0 atom stereocenters. The second-order valence-electron chi connectivity index (χ2n) is 3.71. The molecule has 0 amide bonds. The molecule has 0 fully saturated rings. The Hall–Kier alpha value is -2.43. The second kappa shape index (κ2) is 5.27. The first kappa shape index (κ1) is 12.0. The van der Waals surface area contributed by atoms with Gasteiger partial charge in [0.05, 0.1) is 24.7 Å². The van der Waals surface area contributed by atoms with Gasteiger partial charge in [-0.15, -0.1) is 0 Å². The van der Waals surface area contributed by atoms with Gasteiger partial charge in [-0.2, -0.15) is 0 Å². The number of ether oxygens (including phenoxy) is 1. The van der Waals surface area contributed by atoms with Crippen molar-refractivity contribution in [3.05, 3.63) is 42.4 Å². The maximum atomic E-state index is 11.2. The van der Waals surface area contributed by atoms with E-state index in [-0.39, 0.29) is 12.4 Å². The standard InChI is InChI=1S/C13H13N3O2/c1-18-12(17)7-11-15-8-10(14)13(16-11)9-5-3-2-4-6-9/h2-6,8H,7,14H2,1H3. The summed E-state index contributed by atoms with van der Waals surface area (Å²) in [6.45, 7) is 0. The molecule has 1 heterocycles. The van der Waals surface area contributed by atoms with Crippen LogP contribution in [0, 0.1) is 0 Å². The van der Waals surface area contributed by atoms with Gasteiger partial charge in [-0.1, -0.05) is 30.3 Å². The lowest BCUT2D eigenvalue weighted by Crippen LogP contribution is -2.09. The highest BCUT2D eigenvalue weighted by Gasteiger charge is 2.10. The number of esters is 1. The minimum atomic E-state index is -0.376. The largest absolute Gasteiger partial charge is 0.469 e. The number of rotatable bonds is 3. The molecule has 1 aromatic carbocycles. The van der Waals surface area contributed by atoms with E-state index in [4.69, 9.17) is 5.73 Å². The monoisotopic (exact) mass is 243 g/mol. The predicted octanol–water partition coefficient (Wildman–Crippen LogP) is 1.44. The van der Waals surface area contributed by atoms with Gasteiger partial charge < -0.3 is 10.5 Å². The van der Waals surface area contributed by atoms with Crippen LogP contribution in [0.3, 0.4) is 0 Å². The SMILES string of the molecule is COC(=O)Cc1ncc(N)c(-c2ccccc2)n1. The van der Waals surface area contributed by atoms with E-state index in [1.54, 1.807) is 0 Å². The predicted molar refractivity (Wildman–Crippen MR) is 67.6 cm³/mol. The van der Waals surface area contributed by atoms with Gasteiger partial charge in [0.25, 0.3) is 0 Å². The summed E-state index contributed by atoms with van der Waals surface area (Å²) in [5.41, 5.74) is 7.85. The van der Waals surface area contributed by atoms with Gasteiger partial charge in [0.15, 0.2) is 0 Å². The van der Waals surface area contributed by atoms with E-state index >= 15 is 0 Å². The fraction of sp³-hybridized carbons (Fsp3) is 0.154. The van der Waals surface area contributed by atoms with Gasteiger partial charge in [-0.25, -0.2) is 9.97 Å². The molecule has 0 spiro atoms. The number of anilines is 1. The van der Waals surface area contributed by atoms with Crippen molar-refractivity contribution in [2.24, 2.45) is 0 Å². The normalized spacial score (nSPS) is 10.1. The Bertz CT molecular complexity index is 555. The smallest absolute Gasteiger partial charge is 0.313 e. The summed E-state index contributed by atoms with van der Waals surface area (Å²) in [6, 6.07) is 9.52. The molecule has 18 heavy (non-hydrogen) atoms. The third kappa shape index (κ3) is 2.63. The summed E-state index contributed by atoms with van der Waals surface area (Å²) in [4.78, 5) is 19.5. The van der Waals surface area contributed by atoms with Gasteiger partial charge in [-0.05, 0) is 0 Å². The van der Waals surface area contributed by atoms with Gasteiger partial charge in [0.1, 0.15) is 12.2 Å². The van der Waals surface area contributed by atoms with Gasteiger partial charge in [0, 0.05) is 5.56 Å². The molecule has 0 bridgehead atoms. The number of methoxy groups -OCH3 is 1. The van der Waals surface area contributed by atoms with Crippen molar-refractivity contribution in [1.29, 1.82) is 0 Å². The lowest BCUT2D eigenvalue weighted by atomic mass is 10.1. The molecule has 0 unspecified atom stereocenters. The quantitative estimate of drug-likeness (QED) is 0.825. The van der Waals surface area contributed by atoms with Crippen molar-refractivity contribution in [1.82, 2.24) is 9.97 Å². The van der Waals surface area contributed by atoms with Crippen LogP contribution in [-0.4, -0.2) is 23.0 Å². The molecule has 0 saturated heterocycles. The molecule has 5 nitrogen and oxygen atoms in total. The Morgan fingerprint density at radius 3 is 2.72 bits per heavy atom. The van der Waals surface area contributed by atoms with E-state index in [2.05, 4.69) is 14.7 Å². The van der Waals surface area contributed by atoms with E-state index < -0.39 is 0 Å². The van der Waals surface area contributed by atoms with E-state index in [1.807, 2.05) is 30.3 Å². The number of nitrogens with two attached hydrogens (primary N) is 1. The average molecular weight is 243 g/mol. The van der Waals surface area contributed by atoms with E-state index in [9.17, 15) is 4.79 Å². The zero-order valence-corrected chi connectivity index (χ0v) is 9.96. The summed E-state index contributed by atoms with van der Waals surface area (Å²) in [5, 5.41) is 0. The Balaban J connectivity index is 2.36. The molecule has 0 aliphatic carbocycles. The molecular weight excluding hydrogens is 230 g/mol. The van der Waals surface area contributed by atoms with Crippen molar-refractivity contribution in [2.45, 2.75) is 6.42 Å². The molecule has 0 radical (unpaired) electrons. The van der Waals surface area contributed by atoms with Crippen LogP contribution in [0.5, 0.6) is 0 Å². The third-order valence-electron chi connectivity index (χ3n) is 2.44. The van der Waals surface area contributed by atoms with Crippen LogP contribution in [0.1, 0.15) is 5.82 Å². The first-order valence-electron chi connectivity index (χ1n) is 5.44. The minimum absolute atomic E-state index is 0.0383. The number of nitrogen functional groups attached to an aromatic ring is 1. The summed E-state index contributed by atoms with van der Waals surface area (Å²) in [6.07, 6.45) is 1.55. The Morgan fingerprint density at radius 1 is 1.33 bits per heavy atom. The number of benzene rings is 1. The van der Waals surface area contributed by atoms with Crippen molar-refractivity contribution in [3.8, 4) is 11.3 Å². The van der Waals surface area contributed by atoms with Crippen LogP contribution in [-0.2, 0) is 16.0 Å². The van der Waals surface area contributed by atoms with Crippen LogP contribution in [0.4, 0.5) is 5.69 Å². The molecule has 0 aliphatic heterocycles. The highest BCUT2D eigenvalue weighted by molar-refractivity contribution is 5.74. The number of hydrogen-bond donors (Lipinski definition) is 1. The maximum Gasteiger partial charge on any atom is 0.313 e. The highest BCUT2D eigenvalue weighted by atomic mass is 16.5. The minimum Gasteiger partial charge on any atom is -0.469 e. The van der Waals surface area contributed by atoms with Crippen molar-refractivity contribution >= 4 is 11.7 Å². The van der Waals surface area contributed by atoms with Crippen LogP contribution >= 0.6 is 0 Å². The zero-order valence-electron chi connectivity index (χ0n) is 9.96.